The van der Waals surface area contributed by atoms with Crippen molar-refractivity contribution in [1.82, 2.24) is 4.98 Å². The minimum atomic E-state index is -0.740. The third kappa shape index (κ3) is 4.25. The van der Waals surface area contributed by atoms with E-state index in [1.54, 1.807) is 0 Å². The average molecular weight is 405 g/mol. The Morgan fingerprint density at radius 2 is 2.00 bits per heavy atom. The lowest BCUT2D eigenvalue weighted by atomic mass is 9.98. The van der Waals surface area contributed by atoms with Gasteiger partial charge in [-0.1, -0.05) is 12.1 Å². The molecule has 0 spiro atoms. The van der Waals surface area contributed by atoms with Crippen molar-refractivity contribution < 1.29 is 19.1 Å². The van der Waals surface area contributed by atoms with Crippen LogP contribution in [0.15, 0.2) is 40.8 Å². The minimum absolute atomic E-state index is 0.119. The predicted octanol–water partition coefficient (Wildman–Crippen LogP) is 5.39. The molecule has 4 rings (SSSR count). The number of hydrogen-bond acceptors (Lipinski definition) is 4. The standard InChI is InChI=1S/C25H27NO4/c1-15-4-5-20(12-16(15)2)25-26-23(17(3)30-25)10-11-29-21-8-9-22-18(13-21)6-7-19(22)14-24(27)28/h4-5,8-9,12-13,19H,6-7,10-11,14H2,1-3H3,(H,27,28)/t19-/m1/s1. The fraction of sp³-hybridized carbons (Fsp3) is 0.360. The summed E-state index contributed by atoms with van der Waals surface area (Å²) in [5.41, 5.74) is 6.71. The summed E-state index contributed by atoms with van der Waals surface area (Å²) >= 11 is 0. The maximum absolute atomic E-state index is 11.0. The summed E-state index contributed by atoms with van der Waals surface area (Å²) in [6.45, 7) is 6.62. The van der Waals surface area contributed by atoms with E-state index in [4.69, 9.17) is 14.3 Å². The topological polar surface area (TPSA) is 72.6 Å². The van der Waals surface area contributed by atoms with Gasteiger partial charge in [-0.15, -0.1) is 0 Å². The molecule has 5 heteroatoms. The second kappa shape index (κ2) is 8.34. The van der Waals surface area contributed by atoms with Crippen LogP contribution >= 0.6 is 0 Å². The van der Waals surface area contributed by atoms with Crippen LogP contribution in [0.4, 0.5) is 0 Å². The van der Waals surface area contributed by atoms with E-state index in [-0.39, 0.29) is 12.3 Å². The number of aromatic nitrogens is 1. The molecular formula is C25H27NO4. The van der Waals surface area contributed by atoms with Crippen molar-refractivity contribution in [1.29, 1.82) is 0 Å². The Bertz CT molecular complexity index is 1080. The van der Waals surface area contributed by atoms with Gasteiger partial charge in [0.2, 0.25) is 5.89 Å². The second-order valence-corrected chi connectivity index (χ2v) is 8.11. The lowest BCUT2D eigenvalue weighted by Gasteiger charge is -2.10. The highest BCUT2D eigenvalue weighted by Crippen LogP contribution is 2.37. The number of hydrogen-bond donors (Lipinski definition) is 1. The quantitative estimate of drug-likeness (QED) is 0.570. The zero-order chi connectivity index (χ0) is 21.3. The van der Waals surface area contributed by atoms with Gasteiger partial charge in [0.25, 0.3) is 0 Å². The highest BCUT2D eigenvalue weighted by atomic mass is 16.5. The Hall–Kier alpha value is -3.08. The number of rotatable bonds is 7. The van der Waals surface area contributed by atoms with E-state index in [0.29, 0.717) is 18.9 Å². The largest absolute Gasteiger partial charge is 0.493 e. The maximum Gasteiger partial charge on any atom is 0.303 e. The fourth-order valence-corrected chi connectivity index (χ4v) is 4.12. The van der Waals surface area contributed by atoms with Crippen molar-refractivity contribution in [3.8, 4) is 17.2 Å². The molecule has 30 heavy (non-hydrogen) atoms. The SMILES string of the molecule is Cc1ccc(-c2nc(CCOc3ccc4c(c3)CC[C@@H]4CC(=O)O)c(C)o2)cc1C. The highest BCUT2D eigenvalue weighted by molar-refractivity contribution is 5.68. The molecular weight excluding hydrogens is 378 g/mol. The Morgan fingerprint density at radius 1 is 1.17 bits per heavy atom. The molecule has 1 aromatic heterocycles. The molecule has 0 unspecified atom stereocenters. The van der Waals surface area contributed by atoms with Gasteiger partial charge in [0.1, 0.15) is 11.5 Å². The van der Waals surface area contributed by atoms with Gasteiger partial charge in [-0.2, -0.15) is 0 Å². The summed E-state index contributed by atoms with van der Waals surface area (Å²) in [5.74, 6) is 1.66. The Balaban J connectivity index is 1.39. The normalized spacial score (nSPS) is 15.2. The van der Waals surface area contributed by atoms with Crippen molar-refractivity contribution in [2.24, 2.45) is 0 Å². The lowest BCUT2D eigenvalue weighted by Crippen LogP contribution is -2.04. The fourth-order valence-electron chi connectivity index (χ4n) is 4.12. The molecule has 5 nitrogen and oxygen atoms in total. The number of aryl methyl sites for hydroxylation is 4. The van der Waals surface area contributed by atoms with Crippen LogP contribution < -0.4 is 4.74 Å². The number of carboxylic acids is 1. The van der Waals surface area contributed by atoms with E-state index in [9.17, 15) is 4.79 Å². The zero-order valence-corrected chi connectivity index (χ0v) is 17.7. The highest BCUT2D eigenvalue weighted by Gasteiger charge is 2.25. The van der Waals surface area contributed by atoms with Crippen LogP contribution in [0.1, 0.15) is 52.5 Å². The molecule has 156 valence electrons. The van der Waals surface area contributed by atoms with Gasteiger partial charge in [0, 0.05) is 12.0 Å². The number of aliphatic carboxylic acids is 1. The minimum Gasteiger partial charge on any atom is -0.493 e. The van der Waals surface area contributed by atoms with Gasteiger partial charge in [-0.25, -0.2) is 4.98 Å². The first-order valence-electron chi connectivity index (χ1n) is 10.4. The van der Waals surface area contributed by atoms with Crippen molar-refractivity contribution in [2.75, 3.05) is 6.61 Å². The van der Waals surface area contributed by atoms with Gasteiger partial charge in [0.15, 0.2) is 0 Å². The monoisotopic (exact) mass is 405 g/mol. The average Bonchev–Trinajstić information content (AvgIpc) is 3.27. The summed E-state index contributed by atoms with van der Waals surface area (Å²) in [5, 5.41) is 9.06. The second-order valence-electron chi connectivity index (χ2n) is 8.11. The smallest absolute Gasteiger partial charge is 0.303 e. The maximum atomic E-state index is 11.0. The molecule has 1 aliphatic carbocycles. The summed E-state index contributed by atoms with van der Waals surface area (Å²) in [4.78, 5) is 15.7. The lowest BCUT2D eigenvalue weighted by molar-refractivity contribution is -0.137. The van der Waals surface area contributed by atoms with E-state index < -0.39 is 5.97 Å². The number of nitrogens with zero attached hydrogens (tertiary/aromatic N) is 1. The first-order chi connectivity index (χ1) is 14.4. The number of oxazole rings is 1. The summed E-state index contributed by atoms with van der Waals surface area (Å²) < 4.78 is 11.8. The first kappa shape index (κ1) is 20.2. The molecule has 0 fully saturated rings. The Labute approximate surface area is 176 Å². The molecule has 1 atom stereocenters. The Morgan fingerprint density at radius 3 is 2.77 bits per heavy atom. The third-order valence-electron chi connectivity index (χ3n) is 5.99. The molecule has 2 aromatic carbocycles. The van der Waals surface area contributed by atoms with Crippen LogP contribution in [0, 0.1) is 20.8 Å². The van der Waals surface area contributed by atoms with E-state index in [1.807, 2.05) is 31.2 Å². The van der Waals surface area contributed by atoms with Crippen molar-refractivity contribution in [2.45, 2.75) is 52.4 Å². The van der Waals surface area contributed by atoms with Gasteiger partial charge in [-0.3, -0.25) is 4.79 Å². The van der Waals surface area contributed by atoms with E-state index in [0.717, 1.165) is 41.2 Å². The molecule has 0 saturated heterocycles. The molecule has 1 aliphatic rings. The van der Waals surface area contributed by atoms with E-state index in [2.05, 4.69) is 31.0 Å². The van der Waals surface area contributed by atoms with Gasteiger partial charge in [-0.05, 0) is 86.1 Å². The van der Waals surface area contributed by atoms with Crippen LogP contribution in [0.2, 0.25) is 0 Å². The number of carboxylic acid groups (broad SMARTS) is 1. The predicted molar refractivity (Wildman–Crippen MR) is 115 cm³/mol. The molecule has 0 amide bonds. The van der Waals surface area contributed by atoms with Crippen molar-refractivity contribution >= 4 is 5.97 Å². The number of carbonyl (C=O) groups is 1. The third-order valence-corrected chi connectivity index (χ3v) is 5.99. The van der Waals surface area contributed by atoms with E-state index >= 15 is 0 Å². The molecule has 1 heterocycles. The molecule has 3 aromatic rings. The summed E-state index contributed by atoms with van der Waals surface area (Å²) in [7, 11) is 0. The van der Waals surface area contributed by atoms with E-state index in [1.165, 1.54) is 16.7 Å². The number of fused-ring (bicyclic) bond motifs is 1. The zero-order valence-electron chi connectivity index (χ0n) is 17.7. The Kier molecular flexibility index (Phi) is 5.62. The van der Waals surface area contributed by atoms with Crippen LogP contribution in [0.25, 0.3) is 11.5 Å². The van der Waals surface area contributed by atoms with Gasteiger partial charge >= 0.3 is 5.97 Å². The number of ether oxygens (including phenoxy) is 1. The van der Waals surface area contributed by atoms with Crippen molar-refractivity contribution in [3.63, 3.8) is 0 Å². The molecule has 1 N–H and O–H groups in total. The summed E-state index contributed by atoms with van der Waals surface area (Å²) in [6.07, 6.45) is 2.66. The summed E-state index contributed by atoms with van der Waals surface area (Å²) in [6, 6.07) is 12.2. The number of benzene rings is 2. The van der Waals surface area contributed by atoms with Crippen LogP contribution in [0.3, 0.4) is 0 Å². The van der Waals surface area contributed by atoms with Crippen LogP contribution in [-0.2, 0) is 17.6 Å². The van der Waals surface area contributed by atoms with Gasteiger partial charge < -0.3 is 14.3 Å². The van der Waals surface area contributed by atoms with Crippen LogP contribution in [-0.4, -0.2) is 22.7 Å². The van der Waals surface area contributed by atoms with Gasteiger partial charge in [0.05, 0.1) is 18.7 Å². The molecule has 0 saturated carbocycles. The molecule has 0 aliphatic heterocycles. The van der Waals surface area contributed by atoms with Crippen molar-refractivity contribution in [3.05, 3.63) is 70.1 Å². The first-order valence-corrected chi connectivity index (χ1v) is 10.4. The van der Waals surface area contributed by atoms with Crippen LogP contribution in [0.5, 0.6) is 5.75 Å². The molecule has 0 radical (unpaired) electrons. The molecule has 0 bridgehead atoms.